The van der Waals surface area contributed by atoms with Gasteiger partial charge in [-0.15, -0.1) is 11.3 Å². The maximum Gasteiger partial charge on any atom is 0.229 e. The van der Waals surface area contributed by atoms with E-state index in [9.17, 15) is 4.79 Å². The van der Waals surface area contributed by atoms with E-state index in [-0.39, 0.29) is 0 Å². The molecule has 0 unspecified atom stereocenters. The molecule has 0 atom stereocenters. The largest absolute Gasteiger partial charge is 0.292 e. The van der Waals surface area contributed by atoms with E-state index >= 15 is 0 Å². The molecule has 1 heterocycles. The molecule has 4 nitrogen and oxygen atoms in total. The normalized spacial score (nSPS) is 10.6. The van der Waals surface area contributed by atoms with Crippen LogP contribution in [0.3, 0.4) is 0 Å². The Bertz CT molecular complexity index is 349. The predicted molar refractivity (Wildman–Crippen MR) is 51.5 cm³/mol. The highest BCUT2D eigenvalue weighted by molar-refractivity contribution is 7.10. The van der Waals surface area contributed by atoms with Gasteiger partial charge in [-0.3, -0.25) is 4.79 Å². The van der Waals surface area contributed by atoms with Gasteiger partial charge in [0.15, 0.2) is 0 Å². The third-order valence-electron chi connectivity index (χ3n) is 1.81. The third kappa shape index (κ3) is 1.88. The Kier molecular flexibility index (Phi) is 2.70. The highest BCUT2D eigenvalue weighted by atomic mass is 32.1. The maximum atomic E-state index is 11.3. The number of hydrogen-bond donors (Lipinski definition) is 0. The first kappa shape index (κ1) is 9.77. The first-order valence-corrected chi connectivity index (χ1v) is 4.60. The maximum absolute atomic E-state index is 11.3. The second-order valence-electron chi connectivity index (χ2n) is 3.10. The number of nitrogens with zero attached hydrogens (tertiary/aromatic N) is 3. The molecule has 0 aromatic carbocycles. The zero-order chi connectivity index (χ0) is 9.90. The van der Waals surface area contributed by atoms with E-state index in [2.05, 4.69) is 10.0 Å². The van der Waals surface area contributed by atoms with Gasteiger partial charge in [0.2, 0.25) is 5.91 Å². The number of hydrogen-bond acceptors (Lipinski definition) is 2. The highest BCUT2D eigenvalue weighted by Gasteiger charge is 2.29. The lowest BCUT2D eigenvalue weighted by atomic mass is 9.91. The Labute approximate surface area is 79.8 Å². The molecule has 5 heteroatoms. The molecule has 13 heavy (non-hydrogen) atoms. The van der Waals surface area contributed by atoms with E-state index in [4.69, 9.17) is 5.53 Å². The first-order chi connectivity index (χ1) is 6.09. The van der Waals surface area contributed by atoms with Crippen LogP contribution in [0, 0.1) is 0 Å². The fourth-order valence-corrected chi connectivity index (χ4v) is 1.75. The van der Waals surface area contributed by atoms with Gasteiger partial charge in [-0.1, -0.05) is 6.07 Å². The Morgan fingerprint density at radius 3 is 2.85 bits per heavy atom. The van der Waals surface area contributed by atoms with Crippen molar-refractivity contribution in [3.05, 3.63) is 32.8 Å². The summed E-state index contributed by atoms with van der Waals surface area (Å²) in [6.45, 7) is 3.49. The van der Waals surface area contributed by atoms with Crippen LogP contribution in [0.5, 0.6) is 0 Å². The van der Waals surface area contributed by atoms with Crippen LogP contribution in [0.2, 0.25) is 0 Å². The van der Waals surface area contributed by atoms with Crippen molar-refractivity contribution in [1.29, 1.82) is 0 Å². The molecule has 0 saturated carbocycles. The predicted octanol–water partition coefficient (Wildman–Crippen LogP) is 2.86. The van der Waals surface area contributed by atoms with Crippen molar-refractivity contribution < 1.29 is 4.79 Å². The van der Waals surface area contributed by atoms with Crippen LogP contribution in [0.4, 0.5) is 0 Å². The Balaban J connectivity index is 3.01. The SMILES string of the molecule is CC(C)(C(=O)N=[N+]=[N-])c1cccs1. The zero-order valence-electron chi connectivity index (χ0n) is 7.39. The van der Waals surface area contributed by atoms with Crippen molar-refractivity contribution >= 4 is 17.2 Å². The molecule has 0 aliphatic rings. The monoisotopic (exact) mass is 195 g/mol. The second kappa shape index (κ2) is 3.60. The van der Waals surface area contributed by atoms with Crippen molar-refractivity contribution in [1.82, 2.24) is 0 Å². The van der Waals surface area contributed by atoms with Gasteiger partial charge in [-0.25, -0.2) is 0 Å². The number of azide groups is 1. The number of carbonyl (C=O) groups is 1. The van der Waals surface area contributed by atoms with E-state index in [1.54, 1.807) is 13.8 Å². The van der Waals surface area contributed by atoms with Gasteiger partial charge in [0.25, 0.3) is 0 Å². The molecular formula is C8H9N3OS. The molecule has 0 radical (unpaired) electrons. The summed E-state index contributed by atoms with van der Waals surface area (Å²) in [5.41, 5.74) is 7.43. The zero-order valence-corrected chi connectivity index (χ0v) is 8.21. The molecule has 0 N–H and O–H groups in total. The Morgan fingerprint density at radius 2 is 2.38 bits per heavy atom. The van der Waals surface area contributed by atoms with Gasteiger partial charge in [-0.05, 0) is 35.9 Å². The molecule has 0 bridgehead atoms. The lowest BCUT2D eigenvalue weighted by Gasteiger charge is -2.17. The second-order valence-corrected chi connectivity index (χ2v) is 4.04. The molecule has 1 rings (SSSR count). The van der Waals surface area contributed by atoms with E-state index in [1.165, 1.54) is 11.3 Å². The summed E-state index contributed by atoms with van der Waals surface area (Å²) >= 11 is 1.48. The number of carbonyl (C=O) groups excluding carboxylic acids is 1. The summed E-state index contributed by atoms with van der Waals surface area (Å²) in [4.78, 5) is 14.7. The van der Waals surface area contributed by atoms with Crippen LogP contribution in [-0.4, -0.2) is 5.91 Å². The smallest absolute Gasteiger partial charge is 0.229 e. The van der Waals surface area contributed by atoms with Crippen molar-refractivity contribution in [3.63, 3.8) is 0 Å². The number of thiophene rings is 1. The minimum absolute atomic E-state index is 0.447. The van der Waals surface area contributed by atoms with Crippen LogP contribution in [-0.2, 0) is 10.2 Å². The van der Waals surface area contributed by atoms with Crippen LogP contribution in [0.15, 0.2) is 22.6 Å². The molecule has 0 spiro atoms. The van der Waals surface area contributed by atoms with Gasteiger partial charge in [-0.2, -0.15) is 0 Å². The van der Waals surface area contributed by atoms with E-state index < -0.39 is 11.3 Å². The van der Waals surface area contributed by atoms with E-state index in [0.717, 1.165) is 4.88 Å². The quantitative estimate of drug-likeness (QED) is 0.406. The summed E-state index contributed by atoms with van der Waals surface area (Å²) in [6.07, 6.45) is 0. The molecule has 0 saturated heterocycles. The molecule has 0 fully saturated rings. The lowest BCUT2D eigenvalue weighted by Crippen LogP contribution is -2.25. The fourth-order valence-electron chi connectivity index (χ4n) is 0.905. The van der Waals surface area contributed by atoms with Crippen LogP contribution < -0.4 is 0 Å². The third-order valence-corrected chi connectivity index (χ3v) is 3.00. The minimum Gasteiger partial charge on any atom is -0.292 e. The number of rotatable bonds is 2. The molecule has 1 amide bonds. The molecular weight excluding hydrogens is 186 g/mol. The average molecular weight is 195 g/mol. The molecule has 68 valence electrons. The summed E-state index contributed by atoms with van der Waals surface area (Å²) in [6, 6.07) is 3.72. The van der Waals surface area contributed by atoms with Crippen LogP contribution in [0.25, 0.3) is 10.4 Å². The molecule has 0 aliphatic carbocycles. The molecule has 1 aromatic heterocycles. The summed E-state index contributed by atoms with van der Waals surface area (Å²) in [7, 11) is 0. The topological polar surface area (TPSA) is 65.8 Å². The minimum atomic E-state index is -0.708. The molecule has 0 aliphatic heterocycles. The average Bonchev–Trinajstić information content (AvgIpc) is 2.56. The molecule has 1 aromatic rings. The van der Waals surface area contributed by atoms with Crippen molar-refractivity contribution in [2.24, 2.45) is 5.11 Å². The Morgan fingerprint density at radius 1 is 1.69 bits per heavy atom. The summed E-state index contributed by atoms with van der Waals surface area (Å²) < 4.78 is 0. The lowest BCUT2D eigenvalue weighted by molar-refractivity contribution is -0.122. The Hall–Kier alpha value is -1.32. The van der Waals surface area contributed by atoms with Gasteiger partial charge >= 0.3 is 0 Å². The van der Waals surface area contributed by atoms with Gasteiger partial charge in [0.05, 0.1) is 5.41 Å². The van der Waals surface area contributed by atoms with Crippen LogP contribution in [0.1, 0.15) is 18.7 Å². The van der Waals surface area contributed by atoms with E-state index in [0.29, 0.717) is 0 Å². The first-order valence-electron chi connectivity index (χ1n) is 3.72. The number of amides is 1. The highest BCUT2D eigenvalue weighted by Crippen LogP contribution is 2.28. The summed E-state index contributed by atoms with van der Waals surface area (Å²) in [5.74, 6) is -0.447. The van der Waals surface area contributed by atoms with Crippen molar-refractivity contribution in [2.75, 3.05) is 0 Å². The summed E-state index contributed by atoms with van der Waals surface area (Å²) in [5, 5.41) is 4.99. The van der Waals surface area contributed by atoms with Gasteiger partial charge in [0, 0.05) is 9.79 Å². The van der Waals surface area contributed by atoms with Gasteiger partial charge in [0.1, 0.15) is 0 Å². The van der Waals surface area contributed by atoms with Gasteiger partial charge < -0.3 is 0 Å². The van der Waals surface area contributed by atoms with Crippen molar-refractivity contribution in [3.8, 4) is 0 Å². The standard InChI is InChI=1S/C8H9N3OS/c1-8(2,7(12)10-11-9)6-4-3-5-13-6/h3-5H,1-2H3. The van der Waals surface area contributed by atoms with E-state index in [1.807, 2.05) is 17.5 Å². The fraction of sp³-hybridized carbons (Fsp3) is 0.375. The van der Waals surface area contributed by atoms with Crippen LogP contribution >= 0.6 is 11.3 Å². The van der Waals surface area contributed by atoms with Crippen molar-refractivity contribution in [2.45, 2.75) is 19.3 Å².